The fourth-order valence-electron chi connectivity index (χ4n) is 1.37. The molecule has 0 unspecified atom stereocenters. The minimum Gasteiger partial charge on any atom is -0.463 e. The summed E-state index contributed by atoms with van der Waals surface area (Å²) < 4.78 is 6.11. The van der Waals surface area contributed by atoms with Gasteiger partial charge in [-0.05, 0) is 18.2 Å². The molecule has 2 amide bonds. The molecule has 7 heteroatoms. The van der Waals surface area contributed by atoms with E-state index in [4.69, 9.17) is 10.2 Å². The largest absolute Gasteiger partial charge is 0.463 e. The summed E-state index contributed by atoms with van der Waals surface area (Å²) in [6.45, 7) is 0. The summed E-state index contributed by atoms with van der Waals surface area (Å²) in [5.41, 5.74) is 7.28. The van der Waals surface area contributed by atoms with Crippen LogP contribution in [0, 0.1) is 0 Å². The van der Waals surface area contributed by atoms with E-state index in [1.54, 1.807) is 18.2 Å². The van der Waals surface area contributed by atoms with Crippen molar-refractivity contribution in [3.63, 3.8) is 0 Å². The molecule has 0 saturated carbocycles. The number of urea groups is 1. The molecule has 2 rings (SSSR count). The van der Waals surface area contributed by atoms with Crippen LogP contribution in [0.25, 0.3) is 11.0 Å². The highest BCUT2D eigenvalue weighted by atomic mass is 79.9. The molecule has 1 aromatic heterocycles. The van der Waals surface area contributed by atoms with E-state index in [-0.39, 0.29) is 11.0 Å². The topological polar surface area (TPSA) is 97.7 Å². The van der Waals surface area contributed by atoms with Gasteiger partial charge >= 0.3 is 6.03 Å². The lowest BCUT2D eigenvalue weighted by molar-refractivity contribution is 0.249. The van der Waals surface area contributed by atoms with Crippen molar-refractivity contribution in [2.24, 2.45) is 10.8 Å². The number of carbonyl (C=O) groups excluding carboxylic acids is 1. The maximum absolute atomic E-state index is 12.0. The van der Waals surface area contributed by atoms with E-state index in [1.165, 1.54) is 12.5 Å². The second kappa shape index (κ2) is 5.01. The molecule has 0 spiro atoms. The second-order valence-electron chi connectivity index (χ2n) is 3.39. The van der Waals surface area contributed by atoms with E-state index in [9.17, 15) is 9.59 Å². The number of rotatable bonds is 2. The molecular formula is C11H8BrN3O3. The Hall–Kier alpha value is -2.15. The number of primary amides is 1. The van der Waals surface area contributed by atoms with Gasteiger partial charge in [-0.1, -0.05) is 15.9 Å². The zero-order valence-corrected chi connectivity index (χ0v) is 10.6. The number of hydrazone groups is 1. The summed E-state index contributed by atoms with van der Waals surface area (Å²) in [6.07, 6.45) is 2.45. The molecule has 1 heterocycles. The smallest absolute Gasteiger partial charge is 0.332 e. The van der Waals surface area contributed by atoms with E-state index in [2.05, 4.69) is 21.0 Å². The van der Waals surface area contributed by atoms with Gasteiger partial charge < -0.3 is 10.2 Å². The van der Waals surface area contributed by atoms with E-state index in [0.717, 1.165) is 4.47 Å². The number of hydrogen-bond acceptors (Lipinski definition) is 4. The number of halogens is 1. The minimum absolute atomic E-state index is 0.221. The summed E-state index contributed by atoms with van der Waals surface area (Å²) in [4.78, 5) is 22.4. The van der Waals surface area contributed by atoms with Gasteiger partial charge in [0.2, 0.25) is 5.43 Å². The average molecular weight is 310 g/mol. The average Bonchev–Trinajstić information content (AvgIpc) is 2.31. The molecule has 0 fully saturated rings. The van der Waals surface area contributed by atoms with Crippen LogP contribution in [0.15, 0.2) is 43.2 Å². The molecule has 0 bridgehead atoms. The number of benzene rings is 1. The highest BCUT2D eigenvalue weighted by Gasteiger charge is 2.05. The second-order valence-corrected chi connectivity index (χ2v) is 4.31. The van der Waals surface area contributed by atoms with Gasteiger partial charge in [0.05, 0.1) is 17.2 Å². The van der Waals surface area contributed by atoms with Crippen molar-refractivity contribution in [1.82, 2.24) is 5.43 Å². The molecule has 92 valence electrons. The molecular weight excluding hydrogens is 302 g/mol. The Balaban J connectivity index is 2.45. The minimum atomic E-state index is -0.805. The zero-order valence-electron chi connectivity index (χ0n) is 9.01. The fraction of sp³-hybridized carbons (Fsp3) is 0. The van der Waals surface area contributed by atoms with Gasteiger partial charge in [-0.2, -0.15) is 5.10 Å². The van der Waals surface area contributed by atoms with Crippen LogP contribution in [0.5, 0.6) is 0 Å². The molecule has 0 atom stereocenters. The van der Waals surface area contributed by atoms with Gasteiger partial charge in [0.15, 0.2) is 0 Å². The number of amides is 2. The molecule has 18 heavy (non-hydrogen) atoms. The summed E-state index contributed by atoms with van der Waals surface area (Å²) >= 11 is 3.28. The third kappa shape index (κ3) is 2.57. The number of nitrogens with one attached hydrogen (secondary N) is 1. The summed E-state index contributed by atoms with van der Waals surface area (Å²) in [7, 11) is 0. The van der Waals surface area contributed by atoms with Gasteiger partial charge in [0.25, 0.3) is 0 Å². The summed E-state index contributed by atoms with van der Waals surface area (Å²) in [5, 5.41) is 3.94. The third-order valence-electron chi connectivity index (χ3n) is 2.14. The van der Waals surface area contributed by atoms with Crippen molar-refractivity contribution < 1.29 is 9.21 Å². The molecule has 2 aromatic rings. The molecule has 0 radical (unpaired) electrons. The molecule has 3 N–H and O–H groups in total. The van der Waals surface area contributed by atoms with Crippen molar-refractivity contribution in [3.8, 4) is 0 Å². The van der Waals surface area contributed by atoms with Crippen LogP contribution < -0.4 is 16.6 Å². The van der Waals surface area contributed by atoms with Crippen LogP contribution >= 0.6 is 15.9 Å². The van der Waals surface area contributed by atoms with Crippen molar-refractivity contribution in [3.05, 3.63) is 44.7 Å². The van der Waals surface area contributed by atoms with Crippen molar-refractivity contribution in [1.29, 1.82) is 0 Å². The SMILES string of the molecule is NC(=O)N/N=C/c1coc2cc(Br)ccc2c1=O. The molecule has 0 aliphatic rings. The maximum atomic E-state index is 12.0. The summed E-state index contributed by atoms with van der Waals surface area (Å²) in [5.74, 6) is 0. The molecule has 0 saturated heterocycles. The van der Waals surface area contributed by atoms with Crippen LogP contribution in [-0.4, -0.2) is 12.2 Å². The third-order valence-corrected chi connectivity index (χ3v) is 2.63. The van der Waals surface area contributed by atoms with Gasteiger partial charge in [-0.15, -0.1) is 0 Å². The Morgan fingerprint density at radius 3 is 3.00 bits per heavy atom. The molecule has 1 aromatic carbocycles. The highest BCUT2D eigenvalue weighted by Crippen LogP contribution is 2.17. The van der Waals surface area contributed by atoms with Crippen LogP contribution in [-0.2, 0) is 0 Å². The Morgan fingerprint density at radius 1 is 1.50 bits per heavy atom. The van der Waals surface area contributed by atoms with Crippen molar-refractivity contribution >= 4 is 39.1 Å². The van der Waals surface area contributed by atoms with Crippen LogP contribution in [0.3, 0.4) is 0 Å². The molecule has 0 aliphatic heterocycles. The molecule has 6 nitrogen and oxygen atoms in total. The van der Waals surface area contributed by atoms with Crippen molar-refractivity contribution in [2.75, 3.05) is 0 Å². The first kappa shape index (κ1) is 12.3. The van der Waals surface area contributed by atoms with Gasteiger partial charge in [0, 0.05) is 4.47 Å². The lowest BCUT2D eigenvalue weighted by Crippen LogP contribution is -2.24. The van der Waals surface area contributed by atoms with E-state index >= 15 is 0 Å². The number of nitrogens with two attached hydrogens (primary N) is 1. The van der Waals surface area contributed by atoms with Gasteiger partial charge in [-0.25, -0.2) is 10.2 Å². The highest BCUT2D eigenvalue weighted by molar-refractivity contribution is 9.10. The van der Waals surface area contributed by atoms with Crippen LogP contribution in [0.2, 0.25) is 0 Å². The first-order valence-electron chi connectivity index (χ1n) is 4.87. The zero-order chi connectivity index (χ0) is 13.1. The first-order valence-corrected chi connectivity index (χ1v) is 5.67. The summed E-state index contributed by atoms with van der Waals surface area (Å²) in [6, 6.07) is 4.27. The predicted octanol–water partition coefficient (Wildman–Crippen LogP) is 1.56. The van der Waals surface area contributed by atoms with E-state index in [1.807, 2.05) is 5.43 Å². The van der Waals surface area contributed by atoms with E-state index in [0.29, 0.717) is 11.0 Å². The maximum Gasteiger partial charge on any atom is 0.332 e. The van der Waals surface area contributed by atoms with Crippen LogP contribution in [0.1, 0.15) is 5.56 Å². The first-order chi connectivity index (χ1) is 8.58. The van der Waals surface area contributed by atoms with Gasteiger partial charge in [0.1, 0.15) is 11.8 Å². The molecule has 0 aliphatic carbocycles. The van der Waals surface area contributed by atoms with Crippen molar-refractivity contribution in [2.45, 2.75) is 0 Å². The predicted molar refractivity (Wildman–Crippen MR) is 70.5 cm³/mol. The Bertz CT molecular complexity index is 693. The Kier molecular flexibility index (Phi) is 3.42. The van der Waals surface area contributed by atoms with E-state index < -0.39 is 6.03 Å². The van der Waals surface area contributed by atoms with Gasteiger partial charge in [-0.3, -0.25) is 4.79 Å². The monoisotopic (exact) mass is 309 g/mol. The number of fused-ring (bicyclic) bond motifs is 1. The number of nitrogens with zero attached hydrogens (tertiary/aromatic N) is 1. The van der Waals surface area contributed by atoms with Crippen LogP contribution in [0.4, 0.5) is 4.79 Å². The fourth-order valence-corrected chi connectivity index (χ4v) is 1.71. The quantitative estimate of drug-likeness (QED) is 0.650. The number of carbonyl (C=O) groups is 1. The Morgan fingerprint density at radius 2 is 2.28 bits per heavy atom. The number of hydrogen-bond donors (Lipinski definition) is 2. The normalized spacial score (nSPS) is 10.9. The lowest BCUT2D eigenvalue weighted by atomic mass is 10.2. The standard InChI is InChI=1S/C11H8BrN3O3/c12-7-1-2-8-9(3-7)18-5-6(10(8)16)4-14-15-11(13)17/h1-5H,(H3,13,15,17)/b14-4+. The lowest BCUT2D eigenvalue weighted by Gasteiger charge is -1.98. The Labute approximate surface area is 110 Å².